The van der Waals surface area contributed by atoms with E-state index < -0.39 is 0 Å². The van der Waals surface area contributed by atoms with E-state index in [1.807, 2.05) is 47.9 Å². The summed E-state index contributed by atoms with van der Waals surface area (Å²) in [5.74, 6) is 0.592. The van der Waals surface area contributed by atoms with E-state index in [-0.39, 0.29) is 5.91 Å². The lowest BCUT2D eigenvalue weighted by molar-refractivity contribution is 0.0951. The summed E-state index contributed by atoms with van der Waals surface area (Å²) in [6.07, 6.45) is 4.25. The Morgan fingerprint density at radius 3 is 2.82 bits per heavy atom. The second-order valence-corrected chi connectivity index (χ2v) is 6.74. The Balaban J connectivity index is 1.45. The van der Waals surface area contributed by atoms with Crippen LogP contribution < -0.4 is 5.32 Å². The fourth-order valence-corrected chi connectivity index (χ4v) is 3.21. The van der Waals surface area contributed by atoms with Gasteiger partial charge < -0.3 is 9.88 Å². The second-order valence-electron chi connectivity index (χ2n) is 6.74. The fraction of sp³-hybridized carbons (Fsp3) is 0.182. The zero-order chi connectivity index (χ0) is 19.3. The van der Waals surface area contributed by atoms with E-state index in [0.717, 1.165) is 35.3 Å². The maximum atomic E-state index is 12.8. The van der Waals surface area contributed by atoms with Crippen LogP contribution >= 0.6 is 0 Å². The van der Waals surface area contributed by atoms with Crippen molar-refractivity contribution in [1.82, 2.24) is 25.1 Å². The van der Waals surface area contributed by atoms with Crippen molar-refractivity contribution in [1.29, 1.82) is 0 Å². The van der Waals surface area contributed by atoms with Gasteiger partial charge >= 0.3 is 0 Å². The van der Waals surface area contributed by atoms with Gasteiger partial charge in [0.25, 0.3) is 5.91 Å². The van der Waals surface area contributed by atoms with E-state index in [9.17, 15) is 4.79 Å². The predicted molar refractivity (Wildman–Crippen MR) is 108 cm³/mol. The standard InChI is InChI=1S/C22H21N5O/c1-16-7-8-20-19(13-16)18(9-11-23-20)22(28)24-14-21-26-25-15-27(21)12-10-17-5-3-2-4-6-17/h2-9,11,13,15H,10,12,14H2,1H3,(H,24,28). The van der Waals surface area contributed by atoms with E-state index in [1.54, 1.807) is 18.6 Å². The van der Waals surface area contributed by atoms with Crippen LogP contribution in [0.4, 0.5) is 0 Å². The molecule has 1 amide bonds. The zero-order valence-electron chi connectivity index (χ0n) is 15.7. The molecule has 2 heterocycles. The highest BCUT2D eigenvalue weighted by Gasteiger charge is 2.12. The van der Waals surface area contributed by atoms with Crippen molar-refractivity contribution in [3.8, 4) is 0 Å². The zero-order valence-corrected chi connectivity index (χ0v) is 15.7. The van der Waals surface area contributed by atoms with Gasteiger partial charge in [0, 0.05) is 18.1 Å². The van der Waals surface area contributed by atoms with Crippen LogP contribution in [-0.4, -0.2) is 25.7 Å². The van der Waals surface area contributed by atoms with Gasteiger partial charge in [0.15, 0.2) is 5.82 Å². The number of pyridine rings is 1. The number of carbonyl (C=O) groups is 1. The average molecular weight is 371 g/mol. The normalized spacial score (nSPS) is 10.9. The van der Waals surface area contributed by atoms with Gasteiger partial charge in [-0.15, -0.1) is 10.2 Å². The Labute approximate surface area is 163 Å². The van der Waals surface area contributed by atoms with Crippen molar-refractivity contribution >= 4 is 16.8 Å². The van der Waals surface area contributed by atoms with E-state index in [1.165, 1.54) is 5.56 Å². The molecule has 2 aromatic carbocycles. The summed E-state index contributed by atoms with van der Waals surface area (Å²) in [4.78, 5) is 17.1. The first-order valence-electron chi connectivity index (χ1n) is 9.25. The molecule has 6 heteroatoms. The Kier molecular flexibility index (Phi) is 5.10. The molecule has 4 aromatic rings. The molecule has 0 bridgehead atoms. The Bertz CT molecular complexity index is 1100. The predicted octanol–water partition coefficient (Wildman–Crippen LogP) is 3.31. The summed E-state index contributed by atoms with van der Waals surface area (Å²) in [7, 11) is 0. The van der Waals surface area contributed by atoms with Gasteiger partial charge in [0.05, 0.1) is 17.6 Å². The molecular weight excluding hydrogens is 350 g/mol. The molecule has 0 aliphatic heterocycles. The van der Waals surface area contributed by atoms with Crippen molar-refractivity contribution < 1.29 is 4.79 Å². The number of hydrogen-bond donors (Lipinski definition) is 1. The number of hydrogen-bond acceptors (Lipinski definition) is 4. The van der Waals surface area contributed by atoms with Gasteiger partial charge in [-0.2, -0.15) is 0 Å². The van der Waals surface area contributed by atoms with Crippen molar-refractivity contribution in [2.24, 2.45) is 0 Å². The molecule has 0 spiro atoms. The number of aromatic nitrogens is 4. The molecule has 0 unspecified atom stereocenters. The Hall–Kier alpha value is -3.54. The minimum absolute atomic E-state index is 0.143. The van der Waals surface area contributed by atoms with Gasteiger partial charge in [0.2, 0.25) is 0 Å². The van der Waals surface area contributed by atoms with Gasteiger partial charge in [-0.3, -0.25) is 9.78 Å². The molecule has 0 aliphatic carbocycles. The Morgan fingerprint density at radius 2 is 1.96 bits per heavy atom. The number of aryl methyl sites for hydroxylation is 3. The topological polar surface area (TPSA) is 72.7 Å². The van der Waals surface area contributed by atoms with Crippen molar-refractivity contribution in [2.75, 3.05) is 0 Å². The molecule has 1 N–H and O–H groups in total. The first-order chi connectivity index (χ1) is 13.7. The lowest BCUT2D eigenvalue weighted by Gasteiger charge is -2.10. The van der Waals surface area contributed by atoms with E-state index in [2.05, 4.69) is 32.6 Å². The summed E-state index contributed by atoms with van der Waals surface area (Å²) in [6.45, 7) is 3.09. The third-order valence-corrected chi connectivity index (χ3v) is 4.73. The molecule has 0 saturated heterocycles. The van der Waals surface area contributed by atoms with Gasteiger partial charge in [-0.05, 0) is 37.1 Å². The third-order valence-electron chi connectivity index (χ3n) is 4.73. The molecule has 0 saturated carbocycles. The number of nitrogens with zero attached hydrogens (tertiary/aromatic N) is 4. The first kappa shape index (κ1) is 17.9. The number of carbonyl (C=O) groups excluding carboxylic acids is 1. The van der Waals surface area contributed by atoms with Crippen LogP contribution in [0.15, 0.2) is 67.1 Å². The van der Waals surface area contributed by atoms with Crippen LogP contribution in [0, 0.1) is 6.92 Å². The quantitative estimate of drug-likeness (QED) is 0.564. The molecule has 28 heavy (non-hydrogen) atoms. The van der Waals surface area contributed by atoms with E-state index >= 15 is 0 Å². The highest BCUT2D eigenvalue weighted by molar-refractivity contribution is 6.06. The van der Waals surface area contributed by atoms with Crippen LogP contribution in [0.25, 0.3) is 10.9 Å². The molecular formula is C22H21N5O. The summed E-state index contributed by atoms with van der Waals surface area (Å²) in [5, 5.41) is 12.0. The van der Waals surface area contributed by atoms with Crippen LogP contribution in [0.5, 0.6) is 0 Å². The lowest BCUT2D eigenvalue weighted by atomic mass is 10.1. The highest BCUT2D eigenvalue weighted by Crippen LogP contribution is 2.18. The largest absolute Gasteiger partial charge is 0.345 e. The maximum absolute atomic E-state index is 12.8. The lowest BCUT2D eigenvalue weighted by Crippen LogP contribution is -2.25. The van der Waals surface area contributed by atoms with Crippen LogP contribution in [-0.2, 0) is 19.5 Å². The Morgan fingerprint density at radius 1 is 1.11 bits per heavy atom. The van der Waals surface area contributed by atoms with Crippen molar-refractivity contribution in [3.05, 3.63) is 89.6 Å². The first-order valence-corrected chi connectivity index (χ1v) is 9.25. The summed E-state index contributed by atoms with van der Waals surface area (Å²) in [6, 6.07) is 17.9. The number of fused-ring (bicyclic) bond motifs is 1. The summed E-state index contributed by atoms with van der Waals surface area (Å²) < 4.78 is 1.97. The summed E-state index contributed by atoms with van der Waals surface area (Å²) in [5.41, 5.74) is 3.77. The van der Waals surface area contributed by atoms with Crippen molar-refractivity contribution in [2.45, 2.75) is 26.4 Å². The molecule has 0 atom stereocenters. The average Bonchev–Trinajstić information content (AvgIpc) is 3.18. The SMILES string of the molecule is Cc1ccc2nccc(C(=O)NCc3nncn3CCc3ccccc3)c2c1. The molecule has 0 fully saturated rings. The van der Waals surface area contributed by atoms with Gasteiger partial charge in [0.1, 0.15) is 6.33 Å². The number of nitrogens with one attached hydrogen (secondary N) is 1. The number of amides is 1. The fourth-order valence-electron chi connectivity index (χ4n) is 3.21. The monoisotopic (exact) mass is 371 g/mol. The molecule has 2 aromatic heterocycles. The smallest absolute Gasteiger partial charge is 0.252 e. The van der Waals surface area contributed by atoms with Crippen molar-refractivity contribution in [3.63, 3.8) is 0 Å². The molecule has 0 aliphatic rings. The van der Waals surface area contributed by atoms with Crippen LogP contribution in [0.1, 0.15) is 27.3 Å². The minimum Gasteiger partial charge on any atom is -0.345 e. The van der Waals surface area contributed by atoms with Crippen LogP contribution in [0.2, 0.25) is 0 Å². The van der Waals surface area contributed by atoms with E-state index in [4.69, 9.17) is 0 Å². The highest BCUT2D eigenvalue weighted by atomic mass is 16.1. The molecule has 4 rings (SSSR count). The third kappa shape index (κ3) is 3.91. The molecule has 140 valence electrons. The molecule has 0 radical (unpaired) electrons. The maximum Gasteiger partial charge on any atom is 0.252 e. The molecule has 6 nitrogen and oxygen atoms in total. The number of benzene rings is 2. The minimum atomic E-state index is -0.143. The summed E-state index contributed by atoms with van der Waals surface area (Å²) >= 11 is 0. The van der Waals surface area contributed by atoms with Gasteiger partial charge in [-0.1, -0.05) is 42.0 Å². The van der Waals surface area contributed by atoms with Gasteiger partial charge in [-0.25, -0.2) is 0 Å². The number of rotatable bonds is 6. The second kappa shape index (κ2) is 8.00. The van der Waals surface area contributed by atoms with E-state index in [0.29, 0.717) is 12.1 Å². The van der Waals surface area contributed by atoms with Crippen LogP contribution in [0.3, 0.4) is 0 Å².